The van der Waals surface area contributed by atoms with Gasteiger partial charge in [-0.05, 0) is 23.6 Å². The van der Waals surface area contributed by atoms with E-state index < -0.39 is 0 Å². The average Bonchev–Trinajstić information content (AvgIpc) is 2.57. The smallest absolute Gasteiger partial charge is 0.213 e. The van der Waals surface area contributed by atoms with Crippen LogP contribution in [0.5, 0.6) is 5.88 Å². The van der Waals surface area contributed by atoms with E-state index in [1.54, 1.807) is 0 Å². The van der Waals surface area contributed by atoms with E-state index in [-0.39, 0.29) is 6.10 Å². The van der Waals surface area contributed by atoms with E-state index in [9.17, 15) is 0 Å². The lowest BCUT2D eigenvalue weighted by atomic mass is 10.0. The molecule has 0 amide bonds. The Hall–Kier alpha value is -1.87. The molecule has 3 rings (SSSR count). The van der Waals surface area contributed by atoms with Gasteiger partial charge in [-0.2, -0.15) is 0 Å². The highest BCUT2D eigenvalue weighted by atomic mass is 16.5. The summed E-state index contributed by atoms with van der Waals surface area (Å²) < 4.78 is 11.2. The standard InChI is InChI=1S/C18H21NO2/c1-2-14-3-5-15(6-4-14)16-7-8-18(19-13-16)21-17-9-11-20-12-10-17/h3-8,13,17H,2,9-12H2,1H3. The van der Waals surface area contributed by atoms with Crippen LogP contribution < -0.4 is 4.74 Å². The molecule has 1 saturated heterocycles. The van der Waals surface area contributed by atoms with E-state index in [0.717, 1.165) is 38.0 Å². The van der Waals surface area contributed by atoms with Crippen LogP contribution >= 0.6 is 0 Å². The van der Waals surface area contributed by atoms with Crippen LogP contribution in [0.4, 0.5) is 0 Å². The number of ether oxygens (including phenoxy) is 2. The van der Waals surface area contributed by atoms with Gasteiger partial charge < -0.3 is 9.47 Å². The Labute approximate surface area is 125 Å². The zero-order valence-corrected chi connectivity index (χ0v) is 12.4. The lowest BCUT2D eigenvalue weighted by Crippen LogP contribution is -2.26. The number of aryl methyl sites for hydroxylation is 1. The lowest BCUT2D eigenvalue weighted by Gasteiger charge is -2.22. The summed E-state index contributed by atoms with van der Waals surface area (Å²) in [6, 6.07) is 12.7. The monoisotopic (exact) mass is 283 g/mol. The molecule has 0 atom stereocenters. The molecule has 3 nitrogen and oxygen atoms in total. The number of hydrogen-bond acceptors (Lipinski definition) is 3. The first kappa shape index (κ1) is 14.1. The Morgan fingerprint density at radius 2 is 1.76 bits per heavy atom. The van der Waals surface area contributed by atoms with Gasteiger partial charge in [-0.1, -0.05) is 31.2 Å². The predicted molar refractivity (Wildman–Crippen MR) is 83.5 cm³/mol. The number of aromatic nitrogens is 1. The summed E-state index contributed by atoms with van der Waals surface area (Å²) in [5.74, 6) is 0.704. The van der Waals surface area contributed by atoms with Crippen LogP contribution in [0.25, 0.3) is 11.1 Å². The highest BCUT2D eigenvalue weighted by Crippen LogP contribution is 2.22. The molecular formula is C18H21NO2. The van der Waals surface area contributed by atoms with Crippen molar-refractivity contribution in [3.8, 4) is 17.0 Å². The van der Waals surface area contributed by atoms with Crippen molar-refractivity contribution in [2.75, 3.05) is 13.2 Å². The number of rotatable bonds is 4. The van der Waals surface area contributed by atoms with Gasteiger partial charge in [0, 0.05) is 30.7 Å². The number of pyridine rings is 1. The molecule has 21 heavy (non-hydrogen) atoms. The molecule has 1 aliphatic heterocycles. The maximum Gasteiger partial charge on any atom is 0.213 e. The molecule has 1 aromatic heterocycles. The third-order valence-corrected chi connectivity index (χ3v) is 3.89. The maximum absolute atomic E-state index is 5.89. The van der Waals surface area contributed by atoms with Gasteiger partial charge in [-0.15, -0.1) is 0 Å². The van der Waals surface area contributed by atoms with Crippen LogP contribution in [0.15, 0.2) is 42.6 Å². The Morgan fingerprint density at radius 1 is 1.05 bits per heavy atom. The van der Waals surface area contributed by atoms with Crippen molar-refractivity contribution >= 4 is 0 Å². The molecular weight excluding hydrogens is 262 g/mol. The second kappa shape index (κ2) is 6.72. The fourth-order valence-corrected chi connectivity index (χ4v) is 2.52. The molecule has 110 valence electrons. The van der Waals surface area contributed by atoms with Crippen molar-refractivity contribution in [2.45, 2.75) is 32.3 Å². The molecule has 3 heteroatoms. The van der Waals surface area contributed by atoms with E-state index in [1.165, 1.54) is 11.1 Å². The summed E-state index contributed by atoms with van der Waals surface area (Å²) in [7, 11) is 0. The van der Waals surface area contributed by atoms with E-state index >= 15 is 0 Å². The minimum absolute atomic E-state index is 0.237. The first-order valence-corrected chi connectivity index (χ1v) is 7.65. The lowest BCUT2D eigenvalue weighted by molar-refractivity contribution is 0.0237. The van der Waals surface area contributed by atoms with Crippen LogP contribution in [0.1, 0.15) is 25.3 Å². The van der Waals surface area contributed by atoms with Gasteiger partial charge in [0.15, 0.2) is 0 Å². The van der Waals surface area contributed by atoms with Gasteiger partial charge in [0.25, 0.3) is 0 Å². The molecule has 0 radical (unpaired) electrons. The summed E-state index contributed by atoms with van der Waals surface area (Å²) in [6.07, 6.45) is 5.08. The second-order valence-electron chi connectivity index (χ2n) is 5.37. The van der Waals surface area contributed by atoms with Crippen LogP contribution in [0, 0.1) is 0 Å². The van der Waals surface area contributed by atoms with Gasteiger partial charge in [-0.25, -0.2) is 4.98 Å². The average molecular weight is 283 g/mol. The van der Waals surface area contributed by atoms with Crippen LogP contribution in [0.2, 0.25) is 0 Å². The minimum Gasteiger partial charge on any atom is -0.474 e. The molecule has 0 unspecified atom stereocenters. The van der Waals surface area contributed by atoms with Crippen molar-refractivity contribution in [1.29, 1.82) is 0 Å². The van der Waals surface area contributed by atoms with Gasteiger partial charge in [0.1, 0.15) is 6.10 Å². The maximum atomic E-state index is 5.89. The third-order valence-electron chi connectivity index (χ3n) is 3.89. The highest BCUT2D eigenvalue weighted by Gasteiger charge is 2.15. The van der Waals surface area contributed by atoms with E-state index in [1.807, 2.05) is 12.3 Å². The van der Waals surface area contributed by atoms with Crippen LogP contribution in [0.3, 0.4) is 0 Å². The topological polar surface area (TPSA) is 31.4 Å². The molecule has 2 aromatic rings. The molecule has 1 aromatic carbocycles. The van der Waals surface area contributed by atoms with E-state index in [4.69, 9.17) is 9.47 Å². The number of nitrogens with zero attached hydrogens (tertiary/aromatic N) is 1. The number of hydrogen-bond donors (Lipinski definition) is 0. The van der Waals surface area contributed by atoms with Gasteiger partial charge >= 0.3 is 0 Å². The fourth-order valence-electron chi connectivity index (χ4n) is 2.52. The van der Waals surface area contributed by atoms with Crippen LogP contribution in [-0.2, 0) is 11.2 Å². The zero-order chi connectivity index (χ0) is 14.5. The van der Waals surface area contributed by atoms with Crippen molar-refractivity contribution in [3.63, 3.8) is 0 Å². The molecule has 0 N–H and O–H groups in total. The molecule has 0 saturated carbocycles. The van der Waals surface area contributed by atoms with Gasteiger partial charge in [-0.3, -0.25) is 0 Å². The third kappa shape index (κ3) is 3.61. The Bertz CT molecular complexity index is 557. The molecule has 1 aliphatic rings. The van der Waals surface area contributed by atoms with Gasteiger partial charge in [0.2, 0.25) is 5.88 Å². The summed E-state index contributed by atoms with van der Waals surface area (Å²) in [5, 5.41) is 0. The summed E-state index contributed by atoms with van der Waals surface area (Å²) in [5.41, 5.74) is 3.67. The zero-order valence-electron chi connectivity index (χ0n) is 12.4. The normalized spacial score (nSPS) is 15.9. The first-order valence-electron chi connectivity index (χ1n) is 7.65. The fraction of sp³-hybridized carbons (Fsp3) is 0.389. The Balaban J connectivity index is 1.67. The number of benzene rings is 1. The largest absolute Gasteiger partial charge is 0.474 e. The summed E-state index contributed by atoms with van der Waals surface area (Å²) in [4.78, 5) is 4.43. The second-order valence-corrected chi connectivity index (χ2v) is 5.37. The SMILES string of the molecule is CCc1ccc(-c2ccc(OC3CCOCC3)nc2)cc1. The first-order chi connectivity index (χ1) is 10.3. The molecule has 2 heterocycles. The van der Waals surface area contributed by atoms with Crippen molar-refractivity contribution in [3.05, 3.63) is 48.2 Å². The van der Waals surface area contributed by atoms with Crippen molar-refractivity contribution in [2.24, 2.45) is 0 Å². The Kier molecular flexibility index (Phi) is 4.51. The molecule has 1 fully saturated rings. The van der Waals surface area contributed by atoms with Crippen molar-refractivity contribution in [1.82, 2.24) is 4.98 Å². The molecule has 0 aliphatic carbocycles. The van der Waals surface area contributed by atoms with Crippen molar-refractivity contribution < 1.29 is 9.47 Å². The highest BCUT2D eigenvalue weighted by molar-refractivity contribution is 5.62. The van der Waals surface area contributed by atoms with E-state index in [0.29, 0.717) is 5.88 Å². The minimum atomic E-state index is 0.237. The quantitative estimate of drug-likeness (QED) is 0.853. The predicted octanol–water partition coefficient (Wildman–Crippen LogP) is 3.87. The van der Waals surface area contributed by atoms with Gasteiger partial charge in [0.05, 0.1) is 13.2 Å². The molecule has 0 bridgehead atoms. The van der Waals surface area contributed by atoms with E-state index in [2.05, 4.69) is 42.2 Å². The Morgan fingerprint density at radius 3 is 2.38 bits per heavy atom. The van der Waals surface area contributed by atoms with Crippen LogP contribution in [-0.4, -0.2) is 24.3 Å². The summed E-state index contributed by atoms with van der Waals surface area (Å²) >= 11 is 0. The summed E-state index contributed by atoms with van der Waals surface area (Å²) in [6.45, 7) is 3.73. The molecule has 0 spiro atoms.